The molecule has 0 aliphatic heterocycles. The van der Waals surface area contributed by atoms with Gasteiger partial charge in [-0.1, -0.05) is 35.1 Å². The van der Waals surface area contributed by atoms with Gasteiger partial charge in [0.2, 0.25) is 5.09 Å². The molecule has 1 aromatic heterocycles. The van der Waals surface area contributed by atoms with Crippen LogP contribution in [0.3, 0.4) is 0 Å². The number of hydrogen-bond donors (Lipinski definition) is 1. The van der Waals surface area contributed by atoms with Crippen LogP contribution >= 0.6 is 11.8 Å². The van der Waals surface area contributed by atoms with Crippen molar-refractivity contribution < 1.29 is 22.1 Å². The SMILES string of the molecule is COc1ccc(-c2noc(SC)c2NS(=O)(=O)c2ccccc2)cc1F. The number of sulfonamides is 1. The highest BCUT2D eigenvalue weighted by Gasteiger charge is 2.24. The van der Waals surface area contributed by atoms with Gasteiger partial charge in [-0.2, -0.15) is 0 Å². The van der Waals surface area contributed by atoms with Gasteiger partial charge in [-0.3, -0.25) is 4.72 Å². The Bertz CT molecular complexity index is 1020. The number of anilines is 1. The Kier molecular flexibility index (Phi) is 5.19. The zero-order chi connectivity index (χ0) is 18.7. The van der Waals surface area contributed by atoms with Gasteiger partial charge in [-0.05, 0) is 36.6 Å². The number of nitrogens with one attached hydrogen (secondary N) is 1. The molecule has 1 heterocycles. The van der Waals surface area contributed by atoms with Gasteiger partial charge in [0.15, 0.2) is 11.6 Å². The summed E-state index contributed by atoms with van der Waals surface area (Å²) in [5.74, 6) is -0.510. The Labute approximate surface area is 154 Å². The third kappa shape index (κ3) is 3.54. The van der Waals surface area contributed by atoms with Crippen molar-refractivity contribution in [2.24, 2.45) is 0 Å². The second-order valence-corrected chi connectivity index (χ2v) is 7.63. The van der Waals surface area contributed by atoms with Gasteiger partial charge in [0.05, 0.1) is 12.0 Å². The zero-order valence-electron chi connectivity index (χ0n) is 13.9. The molecule has 0 aliphatic rings. The highest BCUT2D eigenvalue weighted by Crippen LogP contribution is 2.37. The molecule has 3 aromatic rings. The molecule has 3 rings (SSSR count). The number of halogens is 1. The average Bonchev–Trinajstić information content (AvgIpc) is 3.04. The van der Waals surface area contributed by atoms with E-state index in [1.165, 1.54) is 43.1 Å². The molecule has 0 radical (unpaired) electrons. The molecule has 6 nitrogen and oxygen atoms in total. The summed E-state index contributed by atoms with van der Waals surface area (Å²) in [6.07, 6.45) is 1.72. The van der Waals surface area contributed by atoms with Gasteiger partial charge in [0, 0.05) is 5.56 Å². The molecule has 2 aromatic carbocycles. The van der Waals surface area contributed by atoms with Crippen LogP contribution < -0.4 is 9.46 Å². The lowest BCUT2D eigenvalue weighted by Crippen LogP contribution is -2.13. The lowest BCUT2D eigenvalue weighted by molar-refractivity contribution is 0.353. The Balaban J connectivity index is 2.05. The van der Waals surface area contributed by atoms with Crippen LogP contribution in [0.15, 0.2) is 63.0 Å². The predicted octanol–water partition coefficient (Wildman–Crippen LogP) is 4.01. The van der Waals surface area contributed by atoms with Gasteiger partial charge in [0.25, 0.3) is 10.0 Å². The highest BCUT2D eigenvalue weighted by molar-refractivity contribution is 7.98. The molecule has 0 saturated carbocycles. The van der Waals surface area contributed by atoms with Gasteiger partial charge >= 0.3 is 0 Å². The Morgan fingerprint density at radius 2 is 1.92 bits per heavy atom. The fourth-order valence-electron chi connectivity index (χ4n) is 2.31. The van der Waals surface area contributed by atoms with E-state index in [4.69, 9.17) is 9.26 Å². The summed E-state index contributed by atoms with van der Waals surface area (Å²) in [6.45, 7) is 0. The minimum Gasteiger partial charge on any atom is -0.494 e. The van der Waals surface area contributed by atoms with E-state index in [-0.39, 0.29) is 27.1 Å². The minimum atomic E-state index is -3.85. The van der Waals surface area contributed by atoms with Crippen LogP contribution in [0.1, 0.15) is 0 Å². The standard InChI is InChI=1S/C17H15FN2O4S2/c1-23-14-9-8-11(10-13(14)18)15-16(17(25-2)24-19-15)20-26(21,22)12-6-4-3-5-7-12/h3-10,20H,1-2H3. The van der Waals surface area contributed by atoms with Crippen LogP contribution in [-0.4, -0.2) is 26.9 Å². The molecule has 0 bridgehead atoms. The van der Waals surface area contributed by atoms with E-state index in [9.17, 15) is 12.8 Å². The second kappa shape index (κ2) is 7.38. The van der Waals surface area contributed by atoms with E-state index in [1.807, 2.05) is 0 Å². The lowest BCUT2D eigenvalue weighted by Gasteiger charge is -2.09. The van der Waals surface area contributed by atoms with E-state index in [0.717, 1.165) is 0 Å². The molecule has 0 fully saturated rings. The molecule has 0 unspecified atom stereocenters. The van der Waals surface area contributed by atoms with Crippen molar-refractivity contribution in [2.75, 3.05) is 18.1 Å². The molecular formula is C17H15FN2O4S2. The van der Waals surface area contributed by atoms with E-state index < -0.39 is 15.8 Å². The van der Waals surface area contributed by atoms with Crippen molar-refractivity contribution in [3.63, 3.8) is 0 Å². The van der Waals surface area contributed by atoms with Crippen molar-refractivity contribution >= 4 is 27.5 Å². The number of benzene rings is 2. The Morgan fingerprint density at radius 1 is 1.19 bits per heavy atom. The van der Waals surface area contributed by atoms with Crippen molar-refractivity contribution in [1.29, 1.82) is 0 Å². The third-order valence-corrected chi connectivity index (χ3v) is 5.58. The smallest absolute Gasteiger partial charge is 0.262 e. The first-order valence-corrected chi connectivity index (χ1v) is 10.1. The maximum Gasteiger partial charge on any atom is 0.262 e. The third-order valence-electron chi connectivity index (χ3n) is 3.56. The van der Waals surface area contributed by atoms with Gasteiger partial charge in [-0.25, -0.2) is 12.8 Å². The van der Waals surface area contributed by atoms with Crippen molar-refractivity contribution in [3.8, 4) is 17.0 Å². The van der Waals surface area contributed by atoms with Crippen LogP contribution in [0.4, 0.5) is 10.1 Å². The minimum absolute atomic E-state index is 0.0775. The van der Waals surface area contributed by atoms with Crippen molar-refractivity contribution in [1.82, 2.24) is 5.16 Å². The zero-order valence-corrected chi connectivity index (χ0v) is 15.5. The predicted molar refractivity (Wildman–Crippen MR) is 97.5 cm³/mol. The summed E-state index contributed by atoms with van der Waals surface area (Å²) in [5, 5.41) is 4.18. The first-order valence-electron chi connectivity index (χ1n) is 7.41. The molecular weight excluding hydrogens is 379 g/mol. The summed E-state index contributed by atoms with van der Waals surface area (Å²) in [7, 11) is -2.49. The quantitative estimate of drug-likeness (QED) is 0.636. The molecule has 1 N–H and O–H groups in total. The van der Waals surface area contributed by atoms with E-state index in [2.05, 4.69) is 9.88 Å². The fraction of sp³-hybridized carbons (Fsp3) is 0.118. The number of thioether (sulfide) groups is 1. The number of ether oxygens (including phenoxy) is 1. The second-order valence-electron chi connectivity index (χ2n) is 5.17. The summed E-state index contributed by atoms with van der Waals surface area (Å²) < 4.78 is 51.9. The van der Waals surface area contributed by atoms with Crippen LogP contribution in [0.2, 0.25) is 0 Å². The first kappa shape index (κ1) is 18.3. The summed E-state index contributed by atoms with van der Waals surface area (Å²) in [6, 6.07) is 12.1. The summed E-state index contributed by atoms with van der Waals surface area (Å²) >= 11 is 1.18. The number of hydrogen-bond acceptors (Lipinski definition) is 6. The maximum atomic E-state index is 14.0. The molecule has 0 saturated heterocycles. The van der Waals surface area contributed by atoms with Gasteiger partial charge in [0.1, 0.15) is 11.4 Å². The van der Waals surface area contributed by atoms with Crippen LogP contribution in [-0.2, 0) is 10.0 Å². The molecule has 26 heavy (non-hydrogen) atoms. The van der Waals surface area contributed by atoms with Crippen LogP contribution in [0, 0.1) is 5.82 Å². The van der Waals surface area contributed by atoms with Crippen LogP contribution in [0.5, 0.6) is 5.75 Å². The largest absolute Gasteiger partial charge is 0.494 e. The van der Waals surface area contributed by atoms with Gasteiger partial charge < -0.3 is 9.26 Å². The summed E-state index contributed by atoms with van der Waals surface area (Å²) in [4.78, 5) is 0.0973. The average molecular weight is 394 g/mol. The number of nitrogens with zero attached hydrogens (tertiary/aromatic N) is 1. The molecule has 0 spiro atoms. The molecule has 9 heteroatoms. The number of rotatable bonds is 6. The normalized spacial score (nSPS) is 11.3. The highest BCUT2D eigenvalue weighted by atomic mass is 32.2. The van der Waals surface area contributed by atoms with E-state index in [1.54, 1.807) is 30.5 Å². The molecule has 0 atom stereocenters. The molecule has 0 aliphatic carbocycles. The summed E-state index contributed by atoms with van der Waals surface area (Å²) in [5.41, 5.74) is 0.708. The van der Waals surface area contributed by atoms with Gasteiger partial charge in [-0.15, -0.1) is 0 Å². The topological polar surface area (TPSA) is 81.4 Å². The van der Waals surface area contributed by atoms with Crippen molar-refractivity contribution in [2.45, 2.75) is 9.99 Å². The number of methoxy groups -OCH3 is 1. The maximum absolute atomic E-state index is 14.0. The monoisotopic (exact) mass is 394 g/mol. The number of aromatic nitrogens is 1. The van der Waals surface area contributed by atoms with E-state index >= 15 is 0 Å². The Hall–Kier alpha value is -2.52. The Morgan fingerprint density at radius 3 is 2.54 bits per heavy atom. The van der Waals surface area contributed by atoms with Crippen LogP contribution in [0.25, 0.3) is 11.3 Å². The molecule has 0 amide bonds. The van der Waals surface area contributed by atoms with Crippen molar-refractivity contribution in [3.05, 3.63) is 54.3 Å². The van der Waals surface area contributed by atoms with E-state index in [0.29, 0.717) is 5.56 Å². The fourth-order valence-corrected chi connectivity index (χ4v) is 3.93. The molecule has 136 valence electrons. The lowest BCUT2D eigenvalue weighted by atomic mass is 10.1. The first-order chi connectivity index (χ1) is 12.5.